The van der Waals surface area contributed by atoms with Crippen LogP contribution in [0.2, 0.25) is 5.02 Å². The molecule has 1 atom stereocenters. The smallest absolute Gasteiger partial charge is 0.337 e. The molecule has 1 aliphatic heterocycles. The molecule has 10 heteroatoms. The molecule has 1 aliphatic rings. The van der Waals surface area contributed by atoms with E-state index in [1.165, 1.54) is 12.1 Å². The fourth-order valence-electron chi connectivity index (χ4n) is 5.17. The Bertz CT molecular complexity index is 1430. The summed E-state index contributed by atoms with van der Waals surface area (Å²) in [5.74, 6) is -0.696. The number of hydrogen-bond acceptors (Lipinski definition) is 7. The Balaban J connectivity index is 1.64. The topological polar surface area (TPSA) is 88.0 Å². The molecule has 1 aromatic carbocycles. The molecule has 8 nitrogen and oxygen atoms in total. The quantitative estimate of drug-likeness (QED) is 0.255. The van der Waals surface area contributed by atoms with Gasteiger partial charge in [-0.2, -0.15) is 0 Å². The van der Waals surface area contributed by atoms with Crippen LogP contribution in [0.5, 0.6) is 5.75 Å². The molecule has 43 heavy (non-hydrogen) atoms. The Kier molecular flexibility index (Phi) is 9.86. The predicted molar refractivity (Wildman–Crippen MR) is 169 cm³/mol. The van der Waals surface area contributed by atoms with Gasteiger partial charge in [0.1, 0.15) is 12.4 Å². The third-order valence-electron chi connectivity index (χ3n) is 7.71. The number of aromatic nitrogens is 2. The highest BCUT2D eigenvalue weighted by atomic mass is 35.5. The second-order valence-electron chi connectivity index (χ2n) is 12.9. The number of rotatable bonds is 10. The van der Waals surface area contributed by atoms with Crippen LogP contribution in [0.25, 0.3) is 11.1 Å². The van der Waals surface area contributed by atoms with Gasteiger partial charge in [-0.05, 0) is 76.3 Å². The van der Waals surface area contributed by atoms with Crippen LogP contribution in [0.15, 0.2) is 42.7 Å². The number of carboxylic acids is 1. The number of aryl methyl sites for hydroxylation is 1. The van der Waals surface area contributed by atoms with E-state index in [0.29, 0.717) is 28.6 Å². The van der Waals surface area contributed by atoms with Crippen molar-refractivity contribution >= 4 is 29.1 Å². The molecule has 1 N–H and O–H groups in total. The van der Waals surface area contributed by atoms with E-state index in [2.05, 4.69) is 23.7 Å². The standard InChI is InChI=1S/C33H42ClFN4O4/c1-21-28(30(31(40)41)43-32(2,3)4)29(39-14-12-33(5,6)13-15-39)24(20-36-21)22-8-11-27(37-19-22)38(7)16-17-42-26-10-9-23(34)18-25(26)35/h8-11,18-20,30H,12-17H2,1-7H3,(H,40,41)/t30-/m0/s1. The summed E-state index contributed by atoms with van der Waals surface area (Å²) in [6.07, 6.45) is 4.36. The molecule has 1 fully saturated rings. The number of ether oxygens (including phenoxy) is 2. The monoisotopic (exact) mass is 612 g/mol. The lowest BCUT2D eigenvalue weighted by Gasteiger charge is -2.41. The maximum Gasteiger partial charge on any atom is 0.337 e. The first-order chi connectivity index (χ1) is 20.1. The number of carbonyl (C=O) groups is 1. The van der Waals surface area contributed by atoms with Crippen LogP contribution in [0.3, 0.4) is 0 Å². The Hall–Kier alpha value is -3.43. The van der Waals surface area contributed by atoms with Crippen LogP contribution in [-0.2, 0) is 9.53 Å². The Morgan fingerprint density at radius 3 is 2.44 bits per heavy atom. The number of hydrogen-bond donors (Lipinski definition) is 1. The van der Waals surface area contributed by atoms with Gasteiger partial charge >= 0.3 is 5.97 Å². The van der Waals surface area contributed by atoms with E-state index in [9.17, 15) is 14.3 Å². The summed E-state index contributed by atoms with van der Waals surface area (Å²) in [5, 5.41) is 10.6. The van der Waals surface area contributed by atoms with E-state index in [-0.39, 0.29) is 17.8 Å². The van der Waals surface area contributed by atoms with Crippen molar-refractivity contribution in [3.63, 3.8) is 0 Å². The van der Waals surface area contributed by atoms with E-state index in [1.807, 2.05) is 51.8 Å². The average molecular weight is 613 g/mol. The first kappa shape index (κ1) is 32.5. The third kappa shape index (κ3) is 8.15. The van der Waals surface area contributed by atoms with Gasteiger partial charge in [-0.15, -0.1) is 0 Å². The number of carboxylic acid groups (broad SMARTS) is 1. The van der Waals surface area contributed by atoms with Gasteiger partial charge in [0.05, 0.1) is 17.8 Å². The van der Waals surface area contributed by atoms with E-state index in [4.69, 9.17) is 26.1 Å². The van der Waals surface area contributed by atoms with Crippen LogP contribution in [0.4, 0.5) is 15.9 Å². The van der Waals surface area contributed by atoms with E-state index < -0.39 is 23.5 Å². The molecule has 0 aliphatic carbocycles. The molecule has 0 saturated carbocycles. The Morgan fingerprint density at radius 1 is 1.16 bits per heavy atom. The minimum absolute atomic E-state index is 0.146. The zero-order chi connectivity index (χ0) is 31.5. The number of anilines is 2. The fraction of sp³-hybridized carbons (Fsp3) is 0.485. The number of likely N-dealkylation sites (N-methyl/N-ethyl adjacent to an activating group) is 1. The molecule has 0 radical (unpaired) electrons. The first-order valence-corrected chi connectivity index (χ1v) is 14.9. The lowest BCUT2D eigenvalue weighted by molar-refractivity contribution is -0.160. The van der Waals surface area contributed by atoms with Gasteiger partial charge < -0.3 is 24.4 Å². The summed E-state index contributed by atoms with van der Waals surface area (Å²) < 4.78 is 25.8. The van der Waals surface area contributed by atoms with Crippen molar-refractivity contribution in [3.05, 3.63) is 64.8 Å². The molecule has 0 bridgehead atoms. The van der Waals surface area contributed by atoms with Gasteiger partial charge in [-0.25, -0.2) is 14.2 Å². The summed E-state index contributed by atoms with van der Waals surface area (Å²) >= 11 is 5.82. The van der Waals surface area contributed by atoms with Gasteiger partial charge in [0, 0.05) is 59.9 Å². The van der Waals surface area contributed by atoms with Crippen molar-refractivity contribution in [1.82, 2.24) is 9.97 Å². The van der Waals surface area contributed by atoms with Crippen molar-refractivity contribution in [3.8, 4) is 16.9 Å². The van der Waals surface area contributed by atoms with Gasteiger partial charge in [0.2, 0.25) is 0 Å². The molecule has 0 amide bonds. The van der Waals surface area contributed by atoms with Crippen molar-refractivity contribution in [1.29, 1.82) is 0 Å². The van der Waals surface area contributed by atoms with Gasteiger partial charge in [0.25, 0.3) is 0 Å². The van der Waals surface area contributed by atoms with Crippen molar-refractivity contribution < 1.29 is 23.8 Å². The normalized spacial score (nSPS) is 15.7. The minimum Gasteiger partial charge on any atom is -0.489 e. The number of piperidine rings is 1. The lowest BCUT2D eigenvalue weighted by atomic mass is 9.82. The summed E-state index contributed by atoms with van der Waals surface area (Å²) in [4.78, 5) is 26.2. The molecule has 0 unspecified atom stereocenters. The lowest BCUT2D eigenvalue weighted by Crippen LogP contribution is -2.39. The van der Waals surface area contributed by atoms with E-state index in [1.54, 1.807) is 18.5 Å². The summed E-state index contributed by atoms with van der Waals surface area (Å²) in [6, 6.07) is 8.19. The summed E-state index contributed by atoms with van der Waals surface area (Å²) in [7, 11) is 1.89. The Labute approximate surface area is 258 Å². The van der Waals surface area contributed by atoms with Crippen molar-refractivity contribution in [2.75, 3.05) is 43.1 Å². The molecular weight excluding hydrogens is 571 g/mol. The predicted octanol–water partition coefficient (Wildman–Crippen LogP) is 7.33. The van der Waals surface area contributed by atoms with Gasteiger partial charge in [0.15, 0.2) is 17.7 Å². The molecule has 0 spiro atoms. The highest BCUT2D eigenvalue weighted by Crippen LogP contribution is 2.43. The Morgan fingerprint density at radius 2 is 1.86 bits per heavy atom. The SMILES string of the molecule is Cc1ncc(-c2ccc(N(C)CCOc3ccc(Cl)cc3F)nc2)c(N2CCC(C)(C)CC2)c1[C@H](OC(C)(C)C)C(=O)O. The van der Waals surface area contributed by atoms with E-state index >= 15 is 0 Å². The minimum atomic E-state index is -1.18. The highest BCUT2D eigenvalue weighted by molar-refractivity contribution is 6.30. The van der Waals surface area contributed by atoms with Crippen LogP contribution in [-0.4, -0.2) is 59.9 Å². The fourth-order valence-corrected chi connectivity index (χ4v) is 5.33. The molecule has 3 aromatic rings. The van der Waals surface area contributed by atoms with Crippen molar-refractivity contribution in [2.24, 2.45) is 5.41 Å². The zero-order valence-electron chi connectivity index (χ0n) is 26.1. The summed E-state index contributed by atoms with van der Waals surface area (Å²) in [5.41, 5.74) is 3.21. The average Bonchev–Trinajstić information content (AvgIpc) is 2.92. The molecule has 232 valence electrons. The first-order valence-electron chi connectivity index (χ1n) is 14.6. The number of benzene rings is 1. The maximum absolute atomic E-state index is 14.1. The zero-order valence-corrected chi connectivity index (χ0v) is 26.8. The van der Waals surface area contributed by atoms with Crippen LogP contribution in [0, 0.1) is 18.2 Å². The van der Waals surface area contributed by atoms with Crippen LogP contribution >= 0.6 is 11.6 Å². The largest absolute Gasteiger partial charge is 0.489 e. The second kappa shape index (κ2) is 13.1. The molecule has 3 heterocycles. The number of nitrogens with zero attached hydrogens (tertiary/aromatic N) is 4. The number of aliphatic carboxylic acids is 1. The molecule has 2 aromatic heterocycles. The highest BCUT2D eigenvalue weighted by Gasteiger charge is 2.35. The molecule has 4 rings (SSSR count). The van der Waals surface area contributed by atoms with Gasteiger partial charge in [-0.1, -0.05) is 25.4 Å². The van der Waals surface area contributed by atoms with Gasteiger partial charge in [-0.3, -0.25) is 4.98 Å². The van der Waals surface area contributed by atoms with E-state index in [0.717, 1.165) is 42.7 Å². The number of halogens is 2. The van der Waals surface area contributed by atoms with Crippen molar-refractivity contribution in [2.45, 2.75) is 66.1 Å². The molecule has 1 saturated heterocycles. The van der Waals surface area contributed by atoms with Crippen LogP contribution < -0.4 is 14.5 Å². The molecular formula is C33H42ClFN4O4. The maximum atomic E-state index is 14.1. The second-order valence-corrected chi connectivity index (χ2v) is 13.3. The number of pyridine rings is 2. The van der Waals surface area contributed by atoms with Crippen LogP contribution in [0.1, 0.15) is 64.8 Å². The third-order valence-corrected chi connectivity index (χ3v) is 7.94. The summed E-state index contributed by atoms with van der Waals surface area (Å²) in [6.45, 7) is 14.3.